The lowest BCUT2D eigenvalue weighted by molar-refractivity contribution is 0.326. The second-order valence-corrected chi connectivity index (χ2v) is 2.93. The highest BCUT2D eigenvalue weighted by atomic mass is 16.3. The molecule has 4 nitrogen and oxygen atoms in total. The van der Waals surface area contributed by atoms with Crippen molar-refractivity contribution in [3.63, 3.8) is 0 Å². The molecule has 1 aromatic rings. The normalized spacial score (nSPS) is 15.8. The molecule has 4 heteroatoms. The molecule has 2 rings (SSSR count). The van der Waals surface area contributed by atoms with Crippen LogP contribution in [0.15, 0.2) is 0 Å². The van der Waals surface area contributed by atoms with Gasteiger partial charge in [0.05, 0.1) is 5.69 Å². The van der Waals surface area contributed by atoms with Gasteiger partial charge in [-0.3, -0.25) is 5.11 Å². The van der Waals surface area contributed by atoms with Crippen molar-refractivity contribution in [2.45, 2.75) is 19.9 Å². The van der Waals surface area contributed by atoms with Gasteiger partial charge in [-0.25, -0.2) is 4.98 Å². The van der Waals surface area contributed by atoms with Gasteiger partial charge in [0.2, 0.25) is 0 Å². The average molecular weight is 164 g/mol. The smallest absolute Gasteiger partial charge is 0.276 e. The molecule has 63 valence electrons. The van der Waals surface area contributed by atoms with Crippen LogP contribution in [0.2, 0.25) is 0 Å². The summed E-state index contributed by atoms with van der Waals surface area (Å²) in [7, 11) is 0. The first-order valence-electron chi connectivity index (χ1n) is 4.01. The van der Waals surface area contributed by atoms with Crippen molar-refractivity contribution in [1.29, 1.82) is 0 Å². The highest BCUT2D eigenvalue weighted by molar-refractivity contribution is 5.31. The fourth-order valence-corrected chi connectivity index (χ4v) is 1.44. The van der Waals surface area contributed by atoms with Gasteiger partial charge in [0, 0.05) is 12.1 Å². The molecule has 0 aromatic carbocycles. The average Bonchev–Trinajstić information content (AvgIpc) is 2.04. The first-order chi connectivity index (χ1) is 5.77. The van der Waals surface area contributed by atoms with E-state index in [4.69, 9.17) is 0 Å². The minimum atomic E-state index is -0.0981. The largest absolute Gasteiger partial charge is 0.311 e. The summed E-state index contributed by atoms with van der Waals surface area (Å²) in [6.07, 6.45) is 0.758. The van der Waals surface area contributed by atoms with Gasteiger partial charge in [-0.15, -0.1) is 0 Å². The van der Waals surface area contributed by atoms with Gasteiger partial charge in [0.15, 0.2) is 0 Å². The van der Waals surface area contributed by atoms with E-state index in [1.807, 2.05) is 0 Å². The molecule has 12 heavy (non-hydrogen) atoms. The molecule has 0 spiro atoms. The summed E-state index contributed by atoms with van der Waals surface area (Å²) in [5, 5.41) is 14.5. The van der Waals surface area contributed by atoms with Crippen molar-refractivity contribution < 1.29 is 5.11 Å². The summed E-state index contributed by atoms with van der Waals surface area (Å²) in [6, 6.07) is 0. The molecule has 1 aliphatic rings. The van der Waals surface area contributed by atoms with Crippen LogP contribution in [0.4, 0.5) is 0 Å². The maximum absolute atomic E-state index is 11.3. The third-order valence-electron chi connectivity index (χ3n) is 2.01. The van der Waals surface area contributed by atoms with E-state index >= 15 is 0 Å². The molecule has 0 saturated heterocycles. The third-order valence-corrected chi connectivity index (χ3v) is 2.01. The Bertz CT molecular complexity index is 311. The Balaban J connectivity index is 2.53. The van der Waals surface area contributed by atoms with Crippen molar-refractivity contribution in [3.05, 3.63) is 17.1 Å². The zero-order valence-electron chi connectivity index (χ0n) is 6.92. The summed E-state index contributed by atoms with van der Waals surface area (Å²) >= 11 is 0. The summed E-state index contributed by atoms with van der Waals surface area (Å²) in [6.45, 7) is 3.30. The number of nitrogens with one attached hydrogen (secondary N) is 1. The minimum Gasteiger partial charge on any atom is -0.311 e. The molecule has 2 heterocycles. The fourth-order valence-electron chi connectivity index (χ4n) is 1.44. The van der Waals surface area contributed by atoms with Crippen molar-refractivity contribution in [3.8, 4) is 5.88 Å². The molecule has 1 N–H and O–H groups in total. The minimum absolute atomic E-state index is 0.0981. The molecule has 0 unspecified atom stereocenters. The Morgan fingerprint density at radius 2 is 2.25 bits per heavy atom. The van der Waals surface area contributed by atoms with E-state index in [-0.39, 0.29) is 5.88 Å². The van der Waals surface area contributed by atoms with Crippen LogP contribution in [-0.2, 0) is 18.1 Å². The van der Waals surface area contributed by atoms with Crippen LogP contribution < -0.4 is 5.32 Å². The van der Waals surface area contributed by atoms with Crippen molar-refractivity contribution in [2.24, 2.45) is 0 Å². The topological polar surface area (TPSA) is 57.7 Å². The van der Waals surface area contributed by atoms with E-state index in [1.165, 1.54) is 0 Å². The summed E-state index contributed by atoms with van der Waals surface area (Å²) in [4.78, 5) is 7.99. The van der Waals surface area contributed by atoms with E-state index in [2.05, 4.69) is 15.3 Å². The number of hydrogen-bond donors (Lipinski definition) is 1. The zero-order chi connectivity index (χ0) is 8.55. The van der Waals surface area contributed by atoms with Gasteiger partial charge in [0.25, 0.3) is 5.88 Å². The lowest BCUT2D eigenvalue weighted by Crippen LogP contribution is -2.25. The molecule has 0 amide bonds. The molecular formula is C8H10N3O. The second kappa shape index (κ2) is 2.71. The number of rotatable bonds is 0. The van der Waals surface area contributed by atoms with Gasteiger partial charge in [-0.05, 0) is 19.9 Å². The SMILES string of the molecule is Cc1nc([O])c2c(n1)CNCC2. The quantitative estimate of drug-likeness (QED) is 0.610. The lowest BCUT2D eigenvalue weighted by atomic mass is 10.1. The predicted molar refractivity (Wildman–Crippen MR) is 42.3 cm³/mol. The van der Waals surface area contributed by atoms with E-state index in [9.17, 15) is 5.11 Å². The Labute approximate surface area is 70.7 Å². The molecule has 0 saturated carbocycles. The number of fused-ring (bicyclic) bond motifs is 1. The Kier molecular flexibility index (Phi) is 1.69. The summed E-state index contributed by atoms with van der Waals surface area (Å²) in [5.41, 5.74) is 1.66. The number of aromatic nitrogens is 2. The third kappa shape index (κ3) is 1.14. The van der Waals surface area contributed by atoms with Crippen LogP contribution in [-0.4, -0.2) is 16.5 Å². The fraction of sp³-hybridized carbons (Fsp3) is 0.500. The molecule has 0 bridgehead atoms. The molecule has 1 aromatic heterocycles. The molecular weight excluding hydrogens is 154 g/mol. The van der Waals surface area contributed by atoms with Gasteiger partial charge >= 0.3 is 0 Å². The van der Waals surface area contributed by atoms with Gasteiger partial charge in [-0.2, -0.15) is 4.98 Å². The van der Waals surface area contributed by atoms with Crippen molar-refractivity contribution in [2.75, 3.05) is 6.54 Å². The van der Waals surface area contributed by atoms with Crippen LogP contribution >= 0.6 is 0 Å². The molecule has 1 aliphatic heterocycles. The lowest BCUT2D eigenvalue weighted by Gasteiger charge is -2.15. The Morgan fingerprint density at radius 3 is 3.08 bits per heavy atom. The summed E-state index contributed by atoms with van der Waals surface area (Å²) < 4.78 is 0. The van der Waals surface area contributed by atoms with E-state index in [0.29, 0.717) is 12.4 Å². The maximum Gasteiger partial charge on any atom is 0.276 e. The maximum atomic E-state index is 11.3. The van der Waals surface area contributed by atoms with Crippen molar-refractivity contribution >= 4 is 0 Å². The molecule has 0 fully saturated rings. The van der Waals surface area contributed by atoms with Crippen LogP contribution in [0.1, 0.15) is 17.1 Å². The first-order valence-corrected chi connectivity index (χ1v) is 4.01. The van der Waals surface area contributed by atoms with Crippen LogP contribution in [0.3, 0.4) is 0 Å². The molecule has 0 atom stereocenters. The van der Waals surface area contributed by atoms with Crippen molar-refractivity contribution in [1.82, 2.24) is 15.3 Å². The van der Waals surface area contributed by atoms with E-state index < -0.39 is 0 Å². The number of hydrogen-bond acceptors (Lipinski definition) is 3. The molecule has 0 aliphatic carbocycles. The highest BCUT2D eigenvalue weighted by Gasteiger charge is 2.16. The first kappa shape index (κ1) is 7.49. The number of aryl methyl sites for hydroxylation is 1. The van der Waals surface area contributed by atoms with E-state index in [1.54, 1.807) is 6.92 Å². The van der Waals surface area contributed by atoms with Crippen LogP contribution in [0.25, 0.3) is 0 Å². The Morgan fingerprint density at radius 1 is 1.42 bits per heavy atom. The monoisotopic (exact) mass is 164 g/mol. The van der Waals surface area contributed by atoms with E-state index in [0.717, 1.165) is 24.2 Å². The zero-order valence-corrected chi connectivity index (χ0v) is 6.92. The second-order valence-electron chi connectivity index (χ2n) is 2.93. The van der Waals surface area contributed by atoms with Crippen LogP contribution in [0, 0.1) is 6.92 Å². The van der Waals surface area contributed by atoms with Gasteiger partial charge in [-0.1, -0.05) is 0 Å². The Hall–Kier alpha value is -1.16. The predicted octanol–water partition coefficient (Wildman–Crippen LogP) is 0.575. The van der Waals surface area contributed by atoms with Gasteiger partial charge < -0.3 is 5.32 Å². The highest BCUT2D eigenvalue weighted by Crippen LogP contribution is 2.20. The molecule has 1 radical (unpaired) electrons. The standard InChI is InChI=1S/C8H10N3O/c1-5-10-7-4-9-3-2-6(7)8(12)11-5/h9H,2-4H2,1H3. The number of nitrogens with zero attached hydrogens (tertiary/aromatic N) is 2. The van der Waals surface area contributed by atoms with Gasteiger partial charge in [0.1, 0.15) is 5.82 Å². The summed E-state index contributed by atoms with van der Waals surface area (Å²) in [5.74, 6) is 0.474. The van der Waals surface area contributed by atoms with Crippen LogP contribution in [0.5, 0.6) is 5.88 Å².